The second-order valence-electron chi connectivity index (χ2n) is 7.70. The minimum atomic E-state index is -4.53. The lowest BCUT2D eigenvalue weighted by Gasteiger charge is -2.29. The van der Waals surface area contributed by atoms with Crippen LogP contribution >= 0.6 is 11.6 Å². The molecule has 1 aliphatic rings. The second-order valence-corrected chi connectivity index (χ2v) is 8.11. The number of rotatable bonds is 5. The third-order valence-corrected chi connectivity index (χ3v) is 5.90. The van der Waals surface area contributed by atoms with Crippen LogP contribution in [-0.2, 0) is 6.18 Å². The number of fused-ring (bicyclic) bond motifs is 1. The largest absolute Gasteiger partial charge is 0.416 e. The van der Waals surface area contributed by atoms with E-state index in [1.807, 2.05) is 12.1 Å². The van der Waals surface area contributed by atoms with E-state index in [1.54, 1.807) is 16.9 Å². The minimum absolute atomic E-state index is 0.00466. The van der Waals surface area contributed by atoms with Gasteiger partial charge in [-0.15, -0.1) is 0 Å². The highest BCUT2D eigenvalue weighted by Crippen LogP contribution is 2.32. The molecule has 2 heterocycles. The van der Waals surface area contributed by atoms with Crippen molar-refractivity contribution in [2.45, 2.75) is 37.9 Å². The van der Waals surface area contributed by atoms with Gasteiger partial charge in [-0.05, 0) is 61.9 Å². The van der Waals surface area contributed by atoms with Gasteiger partial charge >= 0.3 is 6.18 Å². The zero-order chi connectivity index (χ0) is 22.0. The quantitative estimate of drug-likeness (QED) is 0.584. The first-order valence-corrected chi connectivity index (χ1v) is 10.4. The Labute approximate surface area is 181 Å². The van der Waals surface area contributed by atoms with E-state index in [-0.39, 0.29) is 16.6 Å². The van der Waals surface area contributed by atoms with Crippen LogP contribution in [0.5, 0.6) is 0 Å². The van der Waals surface area contributed by atoms with Crippen molar-refractivity contribution in [2.24, 2.45) is 5.92 Å². The van der Waals surface area contributed by atoms with Gasteiger partial charge in [-0.3, -0.25) is 4.79 Å². The van der Waals surface area contributed by atoms with E-state index in [4.69, 9.17) is 11.6 Å². The van der Waals surface area contributed by atoms with Crippen molar-refractivity contribution in [2.75, 3.05) is 11.9 Å². The van der Waals surface area contributed by atoms with E-state index in [2.05, 4.69) is 20.7 Å². The van der Waals surface area contributed by atoms with Crippen molar-refractivity contribution < 1.29 is 18.0 Å². The SMILES string of the molecule is O=C(N[C@H]1CC[C@H](CNc2cnc3cccnn23)CC1)c1cc(C(F)(F)F)ccc1Cl. The number of amides is 1. The average Bonchev–Trinajstić information content (AvgIpc) is 3.16. The molecule has 0 saturated heterocycles. The predicted octanol–water partition coefficient (Wildman–Crippen LogP) is 4.80. The Morgan fingerprint density at radius 1 is 1.19 bits per heavy atom. The molecule has 1 saturated carbocycles. The van der Waals surface area contributed by atoms with E-state index in [0.717, 1.165) is 61.9 Å². The van der Waals surface area contributed by atoms with Gasteiger partial charge in [-0.25, -0.2) is 4.98 Å². The molecule has 10 heteroatoms. The standard InChI is InChI=1S/C21H21ClF3N5O/c22-17-8-5-14(21(23,24)25)10-16(17)20(31)29-15-6-3-13(4-7-15)11-26-19-12-27-18-2-1-9-28-30(18)19/h1-2,5,8-10,12-13,15,26H,3-4,6-7,11H2,(H,29,31)/t13-,15-. The van der Waals surface area contributed by atoms with Gasteiger partial charge in [0, 0.05) is 18.8 Å². The molecule has 1 aliphatic carbocycles. The molecule has 0 atom stereocenters. The molecule has 0 radical (unpaired) electrons. The molecule has 0 aliphatic heterocycles. The third kappa shape index (κ3) is 4.92. The summed E-state index contributed by atoms with van der Waals surface area (Å²) in [6.07, 6.45) is 2.19. The van der Waals surface area contributed by atoms with Gasteiger partial charge in [0.2, 0.25) is 0 Å². The van der Waals surface area contributed by atoms with Crippen LogP contribution < -0.4 is 10.6 Å². The molecule has 2 N–H and O–H groups in total. The Kier molecular flexibility index (Phi) is 6.04. The van der Waals surface area contributed by atoms with E-state index >= 15 is 0 Å². The number of halogens is 4. The number of nitrogens with one attached hydrogen (secondary N) is 2. The van der Waals surface area contributed by atoms with Crippen molar-refractivity contribution in [3.8, 4) is 0 Å². The fraction of sp³-hybridized carbons (Fsp3) is 0.381. The molecule has 4 rings (SSSR count). The first-order chi connectivity index (χ1) is 14.8. The summed E-state index contributed by atoms with van der Waals surface area (Å²) in [5, 5.41) is 10.5. The van der Waals surface area contributed by atoms with Gasteiger partial charge in [0.25, 0.3) is 5.91 Å². The van der Waals surface area contributed by atoms with Crippen LogP contribution in [0.3, 0.4) is 0 Å². The van der Waals surface area contributed by atoms with Crippen molar-refractivity contribution in [1.29, 1.82) is 0 Å². The summed E-state index contributed by atoms with van der Waals surface area (Å²) in [6.45, 7) is 0.754. The Balaban J connectivity index is 1.30. The summed E-state index contributed by atoms with van der Waals surface area (Å²) in [6, 6.07) is 6.40. The summed E-state index contributed by atoms with van der Waals surface area (Å²) < 4.78 is 40.5. The lowest BCUT2D eigenvalue weighted by atomic mass is 9.86. The van der Waals surface area contributed by atoms with Crippen molar-refractivity contribution in [3.63, 3.8) is 0 Å². The number of carbonyl (C=O) groups is 1. The fourth-order valence-corrected chi connectivity index (χ4v) is 4.05. The van der Waals surface area contributed by atoms with E-state index in [0.29, 0.717) is 5.92 Å². The van der Waals surface area contributed by atoms with Gasteiger partial charge in [-0.2, -0.15) is 22.8 Å². The predicted molar refractivity (Wildman–Crippen MR) is 111 cm³/mol. The van der Waals surface area contributed by atoms with Crippen molar-refractivity contribution in [3.05, 3.63) is 58.9 Å². The van der Waals surface area contributed by atoms with Crippen LogP contribution in [0.15, 0.2) is 42.7 Å². The zero-order valence-corrected chi connectivity index (χ0v) is 17.2. The number of anilines is 1. The number of aromatic nitrogens is 3. The topological polar surface area (TPSA) is 71.3 Å². The summed E-state index contributed by atoms with van der Waals surface area (Å²) >= 11 is 5.96. The van der Waals surface area contributed by atoms with Crippen LogP contribution in [0.1, 0.15) is 41.6 Å². The smallest absolute Gasteiger partial charge is 0.368 e. The maximum atomic E-state index is 12.9. The van der Waals surface area contributed by atoms with Crippen LogP contribution in [0.4, 0.5) is 19.0 Å². The molecule has 0 unspecified atom stereocenters. The van der Waals surface area contributed by atoms with Crippen molar-refractivity contribution in [1.82, 2.24) is 19.9 Å². The monoisotopic (exact) mass is 451 g/mol. The lowest BCUT2D eigenvalue weighted by molar-refractivity contribution is -0.137. The Morgan fingerprint density at radius 3 is 2.71 bits per heavy atom. The maximum Gasteiger partial charge on any atom is 0.416 e. The van der Waals surface area contributed by atoms with Crippen LogP contribution in [0.2, 0.25) is 5.02 Å². The van der Waals surface area contributed by atoms with Gasteiger partial charge in [0.1, 0.15) is 5.82 Å². The summed E-state index contributed by atoms with van der Waals surface area (Å²) in [4.78, 5) is 16.8. The van der Waals surface area contributed by atoms with Gasteiger partial charge in [0.05, 0.1) is 22.3 Å². The fourth-order valence-electron chi connectivity index (χ4n) is 3.85. The lowest BCUT2D eigenvalue weighted by Crippen LogP contribution is -2.38. The summed E-state index contributed by atoms with van der Waals surface area (Å²) in [7, 11) is 0. The second kappa shape index (κ2) is 8.74. The van der Waals surface area contributed by atoms with E-state index in [9.17, 15) is 18.0 Å². The number of nitrogens with zero attached hydrogens (tertiary/aromatic N) is 3. The molecule has 0 spiro atoms. The minimum Gasteiger partial charge on any atom is -0.368 e. The molecule has 1 aromatic carbocycles. The molecule has 1 amide bonds. The van der Waals surface area contributed by atoms with Gasteiger partial charge < -0.3 is 10.6 Å². The first-order valence-electron chi connectivity index (χ1n) is 10.0. The van der Waals surface area contributed by atoms with Crippen molar-refractivity contribution >= 4 is 29.0 Å². The highest BCUT2D eigenvalue weighted by atomic mass is 35.5. The first kappa shape index (κ1) is 21.4. The number of benzene rings is 1. The highest BCUT2D eigenvalue weighted by Gasteiger charge is 2.32. The molecular weight excluding hydrogens is 431 g/mol. The van der Waals surface area contributed by atoms with Gasteiger partial charge in [-0.1, -0.05) is 11.6 Å². The number of imidazole rings is 1. The van der Waals surface area contributed by atoms with Crippen LogP contribution in [-0.4, -0.2) is 33.1 Å². The molecular formula is C21H21ClF3N5O. The van der Waals surface area contributed by atoms with E-state index in [1.165, 1.54) is 0 Å². The third-order valence-electron chi connectivity index (χ3n) is 5.57. The average molecular weight is 452 g/mol. The van der Waals surface area contributed by atoms with Crippen LogP contribution in [0.25, 0.3) is 5.65 Å². The molecule has 6 nitrogen and oxygen atoms in total. The molecule has 31 heavy (non-hydrogen) atoms. The maximum absolute atomic E-state index is 12.9. The molecule has 3 aromatic rings. The van der Waals surface area contributed by atoms with Gasteiger partial charge in [0.15, 0.2) is 5.65 Å². The zero-order valence-electron chi connectivity index (χ0n) is 16.5. The molecule has 164 valence electrons. The Hall–Kier alpha value is -2.81. The number of carbonyl (C=O) groups excluding carboxylic acids is 1. The molecule has 2 aromatic heterocycles. The molecule has 1 fully saturated rings. The van der Waals surface area contributed by atoms with Crippen LogP contribution in [0, 0.1) is 5.92 Å². The summed E-state index contributed by atoms with van der Waals surface area (Å²) in [5.74, 6) is 0.666. The Bertz CT molecular complexity index is 1080. The Morgan fingerprint density at radius 2 is 1.97 bits per heavy atom. The number of hydrogen-bond acceptors (Lipinski definition) is 4. The highest BCUT2D eigenvalue weighted by molar-refractivity contribution is 6.33. The molecule has 0 bridgehead atoms. The number of alkyl halides is 3. The van der Waals surface area contributed by atoms with E-state index < -0.39 is 17.6 Å². The normalized spacial score (nSPS) is 19.4. The number of hydrogen-bond donors (Lipinski definition) is 2. The summed E-state index contributed by atoms with van der Waals surface area (Å²) in [5.41, 5.74) is -0.274.